The van der Waals surface area contributed by atoms with E-state index in [1.54, 1.807) is 7.11 Å². The highest BCUT2D eigenvalue weighted by atomic mass is 32.1. The van der Waals surface area contributed by atoms with Gasteiger partial charge in [-0.05, 0) is 0 Å². The zero-order valence-electron chi connectivity index (χ0n) is 9.34. The van der Waals surface area contributed by atoms with Crippen LogP contribution in [0.2, 0.25) is 0 Å². The number of methoxy groups -OCH3 is 1. The maximum Gasteiger partial charge on any atom is 0.235 e. The smallest absolute Gasteiger partial charge is 0.235 e. The SMILES string of the molecule is COc1nc(N(C)C)sc1C=NN=C(N)N. The number of nitrogens with two attached hydrogens (primary N) is 2. The van der Waals surface area contributed by atoms with Crippen LogP contribution in [0.5, 0.6) is 5.88 Å². The molecule has 0 atom stereocenters. The molecule has 0 fully saturated rings. The molecule has 0 amide bonds. The van der Waals surface area contributed by atoms with Crippen molar-refractivity contribution in [3.05, 3.63) is 4.88 Å². The first-order valence-electron chi connectivity index (χ1n) is 4.38. The number of ether oxygens (including phenoxy) is 1. The molecule has 0 saturated carbocycles. The van der Waals surface area contributed by atoms with Gasteiger partial charge in [0.05, 0.1) is 13.3 Å². The van der Waals surface area contributed by atoms with Crippen LogP contribution in [0.4, 0.5) is 5.13 Å². The third-order valence-corrected chi connectivity index (χ3v) is 2.67. The van der Waals surface area contributed by atoms with Crippen LogP contribution in [0.25, 0.3) is 0 Å². The predicted molar refractivity (Wildman–Crippen MR) is 66.4 cm³/mol. The summed E-state index contributed by atoms with van der Waals surface area (Å²) in [6.45, 7) is 0. The van der Waals surface area contributed by atoms with Crippen molar-refractivity contribution in [3.63, 3.8) is 0 Å². The molecule has 0 aromatic carbocycles. The fourth-order valence-electron chi connectivity index (χ4n) is 0.874. The molecule has 1 aromatic heterocycles. The molecule has 1 rings (SSSR count). The summed E-state index contributed by atoms with van der Waals surface area (Å²) in [6, 6.07) is 0. The highest BCUT2D eigenvalue weighted by Crippen LogP contribution is 2.28. The second kappa shape index (κ2) is 5.31. The Bertz CT molecular complexity index is 407. The Kier molecular flexibility index (Phi) is 4.06. The summed E-state index contributed by atoms with van der Waals surface area (Å²) in [6.07, 6.45) is 1.50. The molecular weight excluding hydrogens is 228 g/mol. The molecule has 0 spiro atoms. The number of thiazole rings is 1. The monoisotopic (exact) mass is 242 g/mol. The normalized spacial score (nSPS) is 10.4. The number of guanidine groups is 1. The van der Waals surface area contributed by atoms with Gasteiger partial charge in [-0.2, -0.15) is 10.1 Å². The Labute approximate surface area is 97.4 Å². The van der Waals surface area contributed by atoms with Gasteiger partial charge >= 0.3 is 0 Å². The van der Waals surface area contributed by atoms with E-state index >= 15 is 0 Å². The van der Waals surface area contributed by atoms with Crippen LogP contribution >= 0.6 is 11.3 Å². The van der Waals surface area contributed by atoms with E-state index in [0.717, 1.165) is 10.0 Å². The van der Waals surface area contributed by atoms with Crippen LogP contribution in [-0.4, -0.2) is 38.4 Å². The molecule has 1 heterocycles. The first-order chi connectivity index (χ1) is 7.54. The van der Waals surface area contributed by atoms with E-state index in [-0.39, 0.29) is 5.96 Å². The van der Waals surface area contributed by atoms with E-state index in [0.29, 0.717) is 5.88 Å². The summed E-state index contributed by atoms with van der Waals surface area (Å²) < 4.78 is 5.10. The standard InChI is InChI=1S/C8H14N6OS/c1-14(2)8-12-6(15-3)5(16-8)4-11-13-7(9)10/h4H,1-3H3,(H4,9,10,13). The lowest BCUT2D eigenvalue weighted by Gasteiger charge is -2.04. The van der Waals surface area contributed by atoms with Crippen LogP contribution in [0.15, 0.2) is 10.2 Å². The van der Waals surface area contributed by atoms with Gasteiger partial charge in [0.25, 0.3) is 0 Å². The third-order valence-electron chi connectivity index (χ3n) is 1.53. The maximum absolute atomic E-state index is 5.14. The topological polar surface area (TPSA) is 102 Å². The minimum atomic E-state index is -0.0902. The maximum atomic E-state index is 5.14. The predicted octanol–water partition coefficient (Wildman–Crippen LogP) is -0.175. The summed E-state index contributed by atoms with van der Waals surface area (Å²) in [4.78, 5) is 6.89. The second-order valence-electron chi connectivity index (χ2n) is 3.03. The van der Waals surface area contributed by atoms with Gasteiger partial charge in [-0.25, -0.2) is 0 Å². The first-order valence-corrected chi connectivity index (χ1v) is 5.20. The van der Waals surface area contributed by atoms with Gasteiger partial charge < -0.3 is 21.1 Å². The van der Waals surface area contributed by atoms with Crippen molar-refractivity contribution < 1.29 is 4.74 Å². The molecule has 16 heavy (non-hydrogen) atoms. The summed E-state index contributed by atoms with van der Waals surface area (Å²) in [5, 5.41) is 8.03. The van der Waals surface area contributed by atoms with Gasteiger partial charge in [0.1, 0.15) is 4.88 Å². The Morgan fingerprint density at radius 2 is 2.19 bits per heavy atom. The Hall–Kier alpha value is -1.83. The van der Waals surface area contributed by atoms with Crippen LogP contribution in [0, 0.1) is 0 Å². The van der Waals surface area contributed by atoms with Gasteiger partial charge in [-0.15, -0.1) is 5.10 Å². The molecule has 88 valence electrons. The molecule has 0 saturated heterocycles. The Morgan fingerprint density at radius 1 is 1.50 bits per heavy atom. The van der Waals surface area contributed by atoms with E-state index in [2.05, 4.69) is 15.2 Å². The van der Waals surface area contributed by atoms with Crippen molar-refractivity contribution in [3.8, 4) is 5.88 Å². The summed E-state index contributed by atoms with van der Waals surface area (Å²) >= 11 is 1.43. The molecule has 8 heteroatoms. The molecular formula is C8H14N6OS. The number of aromatic nitrogens is 1. The third kappa shape index (κ3) is 3.09. The van der Waals surface area contributed by atoms with Gasteiger partial charge in [-0.3, -0.25) is 0 Å². The molecule has 0 unspecified atom stereocenters. The molecule has 0 aliphatic heterocycles. The van der Waals surface area contributed by atoms with Crippen molar-refractivity contribution >= 4 is 28.6 Å². The van der Waals surface area contributed by atoms with Crippen molar-refractivity contribution in [2.75, 3.05) is 26.1 Å². The van der Waals surface area contributed by atoms with Gasteiger partial charge in [-0.1, -0.05) is 11.3 Å². The largest absolute Gasteiger partial charge is 0.480 e. The lowest BCUT2D eigenvalue weighted by atomic mass is 10.6. The molecule has 0 bridgehead atoms. The fraction of sp³-hybridized carbons (Fsp3) is 0.375. The zero-order chi connectivity index (χ0) is 12.1. The van der Waals surface area contributed by atoms with E-state index in [4.69, 9.17) is 16.2 Å². The number of hydrogen-bond donors (Lipinski definition) is 2. The summed E-state index contributed by atoms with van der Waals surface area (Å²) in [7, 11) is 5.34. The number of nitrogens with zero attached hydrogens (tertiary/aromatic N) is 4. The average molecular weight is 242 g/mol. The highest BCUT2D eigenvalue weighted by Gasteiger charge is 2.10. The number of anilines is 1. The van der Waals surface area contributed by atoms with Crippen molar-refractivity contribution in [2.45, 2.75) is 0 Å². The average Bonchev–Trinajstić information content (AvgIpc) is 2.60. The number of rotatable bonds is 4. The summed E-state index contributed by atoms with van der Waals surface area (Å²) in [5.74, 6) is 0.413. The van der Waals surface area contributed by atoms with Crippen LogP contribution < -0.4 is 21.1 Å². The van der Waals surface area contributed by atoms with E-state index in [1.807, 2.05) is 19.0 Å². The van der Waals surface area contributed by atoms with Crippen LogP contribution in [-0.2, 0) is 0 Å². The molecule has 0 aliphatic carbocycles. The Balaban J connectivity index is 2.94. The van der Waals surface area contributed by atoms with Crippen molar-refractivity contribution in [2.24, 2.45) is 21.7 Å². The van der Waals surface area contributed by atoms with E-state index in [9.17, 15) is 0 Å². The van der Waals surface area contributed by atoms with Crippen LogP contribution in [0.1, 0.15) is 4.88 Å². The summed E-state index contributed by atoms with van der Waals surface area (Å²) in [5.41, 5.74) is 10.3. The van der Waals surface area contributed by atoms with E-state index in [1.165, 1.54) is 17.6 Å². The molecule has 1 aromatic rings. The number of hydrogen-bond acceptors (Lipinski definition) is 6. The second-order valence-corrected chi connectivity index (χ2v) is 4.04. The van der Waals surface area contributed by atoms with Crippen molar-refractivity contribution in [1.82, 2.24) is 4.98 Å². The fourth-order valence-corrected chi connectivity index (χ4v) is 1.70. The minimum Gasteiger partial charge on any atom is -0.480 e. The first kappa shape index (κ1) is 12.2. The van der Waals surface area contributed by atoms with Crippen LogP contribution in [0.3, 0.4) is 0 Å². The highest BCUT2D eigenvalue weighted by molar-refractivity contribution is 7.17. The molecule has 7 nitrogen and oxygen atoms in total. The zero-order valence-corrected chi connectivity index (χ0v) is 10.2. The lowest BCUT2D eigenvalue weighted by molar-refractivity contribution is 0.400. The molecule has 4 N–H and O–H groups in total. The van der Waals surface area contributed by atoms with Gasteiger partial charge in [0.2, 0.25) is 11.8 Å². The minimum absolute atomic E-state index is 0.0902. The van der Waals surface area contributed by atoms with Gasteiger partial charge in [0.15, 0.2) is 5.13 Å². The quantitative estimate of drug-likeness (QED) is 0.433. The Morgan fingerprint density at radius 3 is 2.69 bits per heavy atom. The molecule has 0 aliphatic rings. The lowest BCUT2D eigenvalue weighted by Crippen LogP contribution is -2.21. The van der Waals surface area contributed by atoms with Crippen molar-refractivity contribution in [1.29, 1.82) is 0 Å². The van der Waals surface area contributed by atoms with E-state index < -0.39 is 0 Å². The van der Waals surface area contributed by atoms with Gasteiger partial charge in [0, 0.05) is 14.1 Å². The molecule has 0 radical (unpaired) electrons.